The number of carbonyl (C=O) groups is 3. The van der Waals surface area contributed by atoms with Crippen molar-refractivity contribution in [2.45, 2.75) is 108 Å². The highest BCUT2D eigenvalue weighted by Gasteiger charge is 2.73. The number of aliphatic carboxylic acids is 3. The second-order valence-electron chi connectivity index (χ2n) is 13.6. The Labute approximate surface area is 225 Å². The van der Waals surface area contributed by atoms with Gasteiger partial charge in [0.25, 0.3) is 0 Å². The molecule has 7 nitrogen and oxygen atoms in total. The Bertz CT molecular complexity index is 731. The van der Waals surface area contributed by atoms with E-state index in [0.717, 1.165) is 0 Å². The van der Waals surface area contributed by atoms with Crippen LogP contribution in [0.1, 0.15) is 102 Å². The molecule has 218 valence electrons. The minimum atomic E-state index is -3.04. The van der Waals surface area contributed by atoms with Crippen molar-refractivity contribution in [1.82, 2.24) is 0 Å². The van der Waals surface area contributed by atoms with Gasteiger partial charge in [-0.2, -0.15) is 0 Å². The average molecular weight is 529 g/mol. The summed E-state index contributed by atoms with van der Waals surface area (Å²) >= 11 is 0. The Hall–Kier alpha value is -1.63. The normalized spacial score (nSPS) is 19.2. The average Bonchev–Trinajstić information content (AvgIpc) is 2.70. The number of hydrogen-bond donors (Lipinski definition) is 4. The molecule has 0 spiro atoms. The predicted molar refractivity (Wildman–Crippen MR) is 147 cm³/mol. The van der Waals surface area contributed by atoms with Crippen LogP contribution in [0.2, 0.25) is 0 Å². The predicted octanol–water partition coefficient (Wildman–Crippen LogP) is 6.53. The zero-order chi connectivity index (χ0) is 29.6. The molecule has 0 aliphatic heterocycles. The third-order valence-electron chi connectivity index (χ3n) is 8.28. The van der Waals surface area contributed by atoms with Gasteiger partial charge in [-0.05, 0) is 72.5 Å². The topological polar surface area (TPSA) is 132 Å². The van der Waals surface area contributed by atoms with E-state index in [-0.39, 0.29) is 35.5 Å². The van der Waals surface area contributed by atoms with Gasteiger partial charge in [-0.1, -0.05) is 83.1 Å². The van der Waals surface area contributed by atoms with E-state index < -0.39 is 52.6 Å². The molecule has 0 amide bonds. The summed E-state index contributed by atoms with van der Waals surface area (Å²) in [4.78, 5) is 40.2. The Morgan fingerprint density at radius 2 is 0.919 bits per heavy atom. The standard InChI is InChI=1S/C30H56O7/c1-16(2)13-22(19(7)8)25(26(31)32)30(37,28(35)36)29(27(33)34,23(20(9)10)14-17(3)4)24(21(11)12)15-18(5)6/h16-25,37H,13-15H2,1-12H3,(H,31,32)(H,33,34)(H,35,36). The molecule has 0 saturated heterocycles. The fraction of sp³-hybridized carbons (Fsp3) is 0.900. The van der Waals surface area contributed by atoms with E-state index >= 15 is 0 Å². The molecule has 0 heterocycles. The van der Waals surface area contributed by atoms with Gasteiger partial charge in [0.2, 0.25) is 0 Å². The summed E-state index contributed by atoms with van der Waals surface area (Å²) in [7, 11) is 0. The zero-order valence-corrected chi connectivity index (χ0v) is 25.4. The third-order valence-corrected chi connectivity index (χ3v) is 8.28. The number of carboxylic acids is 3. The van der Waals surface area contributed by atoms with E-state index in [1.807, 2.05) is 83.1 Å². The minimum Gasteiger partial charge on any atom is -0.481 e. The van der Waals surface area contributed by atoms with Crippen LogP contribution in [0, 0.1) is 64.6 Å². The van der Waals surface area contributed by atoms with Gasteiger partial charge >= 0.3 is 17.9 Å². The summed E-state index contributed by atoms with van der Waals surface area (Å²) in [5.74, 6) is -9.59. The fourth-order valence-corrected chi connectivity index (χ4v) is 6.88. The van der Waals surface area contributed by atoms with Gasteiger partial charge in [0.1, 0.15) is 11.3 Å². The Kier molecular flexibility index (Phi) is 13.3. The Morgan fingerprint density at radius 1 is 0.568 bits per heavy atom. The Morgan fingerprint density at radius 3 is 1.11 bits per heavy atom. The van der Waals surface area contributed by atoms with E-state index in [0.29, 0.717) is 19.3 Å². The summed E-state index contributed by atoms with van der Waals surface area (Å²) in [6, 6.07) is 0. The lowest BCUT2D eigenvalue weighted by molar-refractivity contribution is -0.237. The number of carboxylic acid groups (broad SMARTS) is 3. The van der Waals surface area contributed by atoms with Crippen molar-refractivity contribution in [3.05, 3.63) is 0 Å². The number of aliphatic hydroxyl groups is 1. The molecule has 0 aromatic rings. The van der Waals surface area contributed by atoms with Crippen molar-refractivity contribution in [3.8, 4) is 0 Å². The molecule has 5 unspecified atom stereocenters. The van der Waals surface area contributed by atoms with Crippen molar-refractivity contribution in [1.29, 1.82) is 0 Å². The first-order valence-corrected chi connectivity index (χ1v) is 14.1. The lowest BCUT2D eigenvalue weighted by atomic mass is 9.46. The molecule has 37 heavy (non-hydrogen) atoms. The Balaban J connectivity index is 8.21. The highest BCUT2D eigenvalue weighted by atomic mass is 16.4. The molecular weight excluding hydrogens is 472 g/mol. The van der Waals surface area contributed by atoms with E-state index in [1.165, 1.54) is 0 Å². The van der Waals surface area contributed by atoms with E-state index in [4.69, 9.17) is 0 Å². The van der Waals surface area contributed by atoms with Crippen LogP contribution in [-0.2, 0) is 14.4 Å². The molecule has 0 aliphatic rings. The fourth-order valence-electron chi connectivity index (χ4n) is 6.88. The molecule has 0 rings (SSSR count). The molecule has 0 aliphatic carbocycles. The summed E-state index contributed by atoms with van der Waals surface area (Å²) in [5, 5.41) is 45.3. The van der Waals surface area contributed by atoms with Gasteiger partial charge < -0.3 is 20.4 Å². The second kappa shape index (κ2) is 14.0. The summed E-state index contributed by atoms with van der Waals surface area (Å²) < 4.78 is 0. The van der Waals surface area contributed by atoms with E-state index in [9.17, 15) is 34.8 Å². The largest absolute Gasteiger partial charge is 0.481 e. The van der Waals surface area contributed by atoms with Crippen LogP contribution >= 0.6 is 0 Å². The van der Waals surface area contributed by atoms with E-state index in [1.54, 1.807) is 0 Å². The van der Waals surface area contributed by atoms with Crippen molar-refractivity contribution >= 4 is 17.9 Å². The van der Waals surface area contributed by atoms with Crippen LogP contribution in [-0.4, -0.2) is 43.9 Å². The first-order chi connectivity index (χ1) is 16.7. The van der Waals surface area contributed by atoms with Crippen molar-refractivity contribution in [2.75, 3.05) is 0 Å². The number of rotatable bonds is 17. The quantitative estimate of drug-likeness (QED) is 0.169. The second-order valence-corrected chi connectivity index (χ2v) is 13.6. The maximum Gasteiger partial charge on any atom is 0.337 e. The smallest absolute Gasteiger partial charge is 0.337 e. The van der Waals surface area contributed by atoms with Crippen LogP contribution < -0.4 is 0 Å². The van der Waals surface area contributed by atoms with Gasteiger partial charge in [-0.15, -0.1) is 0 Å². The van der Waals surface area contributed by atoms with Gasteiger partial charge in [0, 0.05) is 0 Å². The van der Waals surface area contributed by atoms with Crippen LogP contribution in [0.5, 0.6) is 0 Å². The summed E-state index contributed by atoms with van der Waals surface area (Å²) in [6.07, 6.45) is 1.06. The van der Waals surface area contributed by atoms with Crippen molar-refractivity contribution in [3.63, 3.8) is 0 Å². The van der Waals surface area contributed by atoms with Gasteiger partial charge in [-0.3, -0.25) is 9.59 Å². The summed E-state index contributed by atoms with van der Waals surface area (Å²) in [5.41, 5.74) is -5.27. The molecule has 0 aromatic heterocycles. The molecule has 5 atom stereocenters. The van der Waals surface area contributed by atoms with Gasteiger partial charge in [0.05, 0.1) is 0 Å². The molecule has 7 heteroatoms. The molecule has 0 fully saturated rings. The van der Waals surface area contributed by atoms with Crippen LogP contribution in [0.25, 0.3) is 0 Å². The van der Waals surface area contributed by atoms with Crippen LogP contribution in [0.3, 0.4) is 0 Å². The molecule has 0 radical (unpaired) electrons. The van der Waals surface area contributed by atoms with Crippen molar-refractivity contribution < 1.29 is 34.8 Å². The molecule has 0 aromatic carbocycles. The van der Waals surface area contributed by atoms with E-state index in [2.05, 4.69) is 0 Å². The van der Waals surface area contributed by atoms with Crippen LogP contribution in [0.15, 0.2) is 0 Å². The minimum absolute atomic E-state index is 0.0101. The van der Waals surface area contributed by atoms with Crippen LogP contribution in [0.4, 0.5) is 0 Å². The molecule has 4 N–H and O–H groups in total. The zero-order valence-electron chi connectivity index (χ0n) is 25.4. The lowest BCUT2D eigenvalue weighted by Gasteiger charge is -2.56. The van der Waals surface area contributed by atoms with Gasteiger partial charge in [0.15, 0.2) is 5.60 Å². The highest BCUT2D eigenvalue weighted by molar-refractivity contribution is 5.94. The monoisotopic (exact) mass is 528 g/mol. The highest BCUT2D eigenvalue weighted by Crippen LogP contribution is 2.59. The maximum atomic E-state index is 13.8. The maximum absolute atomic E-state index is 13.8. The third kappa shape index (κ3) is 7.48. The molecule has 0 bridgehead atoms. The molecular formula is C30H56O7. The lowest BCUT2D eigenvalue weighted by Crippen LogP contribution is -2.72. The SMILES string of the molecule is CC(C)CC(C(C)C)C(C(=O)O)C(O)(C(=O)O)C(C(=O)O)(C(CC(C)C)C(C)C)C(CC(C)C)C(C)C. The van der Waals surface area contributed by atoms with Crippen molar-refractivity contribution in [2.24, 2.45) is 64.6 Å². The first-order valence-electron chi connectivity index (χ1n) is 14.1. The summed E-state index contributed by atoms with van der Waals surface area (Å²) in [6.45, 7) is 22.6. The molecule has 0 saturated carbocycles. The first kappa shape index (κ1) is 35.4. The number of hydrogen-bond acceptors (Lipinski definition) is 4. The van der Waals surface area contributed by atoms with Gasteiger partial charge in [-0.25, -0.2) is 4.79 Å².